The van der Waals surface area contributed by atoms with Crippen LogP contribution in [0.2, 0.25) is 0 Å². The van der Waals surface area contributed by atoms with Crippen LogP contribution in [-0.2, 0) is 10.0 Å². The highest BCUT2D eigenvalue weighted by atomic mass is 127. The lowest BCUT2D eigenvalue weighted by Crippen LogP contribution is -2.45. The molecule has 0 aromatic heterocycles. The number of nitrogens with one attached hydrogen (secondary N) is 2. The van der Waals surface area contributed by atoms with Gasteiger partial charge in [0.1, 0.15) is 0 Å². The zero-order chi connectivity index (χ0) is 15.8. The van der Waals surface area contributed by atoms with Gasteiger partial charge in [-0.3, -0.25) is 4.99 Å². The predicted molar refractivity (Wildman–Crippen MR) is 101 cm³/mol. The molecule has 0 rings (SSSR count). The van der Waals surface area contributed by atoms with Gasteiger partial charge in [-0.2, -0.15) is 0 Å². The number of rotatable bonds is 8. The highest BCUT2D eigenvalue weighted by Crippen LogP contribution is 2.00. The molecule has 0 aromatic rings. The molecule has 21 heavy (non-hydrogen) atoms. The molecule has 2 N–H and O–H groups in total. The van der Waals surface area contributed by atoms with Gasteiger partial charge < -0.3 is 10.6 Å². The lowest BCUT2D eigenvalue weighted by atomic mass is 10.1. The first-order valence-electron chi connectivity index (χ1n) is 7.14. The second kappa shape index (κ2) is 11.5. The number of aliphatic imine (C=N–C) groups is 1. The summed E-state index contributed by atoms with van der Waals surface area (Å²) in [5.74, 6) is 1.28. The Morgan fingerprint density at radius 2 is 1.86 bits per heavy atom. The molecule has 6 nitrogen and oxygen atoms in total. The molecule has 0 amide bonds. The number of nitrogens with zero attached hydrogens (tertiary/aromatic N) is 2. The third-order valence-corrected chi connectivity index (χ3v) is 4.67. The fourth-order valence-corrected chi connectivity index (χ4v) is 2.53. The van der Waals surface area contributed by atoms with Gasteiger partial charge in [0.25, 0.3) is 0 Å². The molecule has 0 saturated heterocycles. The summed E-state index contributed by atoms with van der Waals surface area (Å²) in [6.45, 7) is 9.98. The topological polar surface area (TPSA) is 73.8 Å². The standard InChI is InChI=1S/C13H30N4O2S.HI/c1-7-17(20(6,18)19)10-8-9-15-13(14-5)16-12(4)11(2)3;/h11-12H,7-10H2,1-6H3,(H2,14,15,16);1H. The Balaban J connectivity index is 0. The van der Waals surface area contributed by atoms with Crippen LogP contribution < -0.4 is 10.6 Å². The summed E-state index contributed by atoms with van der Waals surface area (Å²) >= 11 is 0. The average molecular weight is 434 g/mol. The summed E-state index contributed by atoms with van der Waals surface area (Å²) in [5.41, 5.74) is 0. The quantitative estimate of drug-likeness (QED) is 0.263. The van der Waals surface area contributed by atoms with Gasteiger partial charge in [-0.1, -0.05) is 20.8 Å². The zero-order valence-corrected chi connectivity index (χ0v) is 17.2. The molecular weight excluding hydrogens is 403 g/mol. The van der Waals surface area contributed by atoms with E-state index in [4.69, 9.17) is 0 Å². The van der Waals surface area contributed by atoms with Gasteiger partial charge in [-0.05, 0) is 19.3 Å². The van der Waals surface area contributed by atoms with E-state index in [-0.39, 0.29) is 24.0 Å². The van der Waals surface area contributed by atoms with Crippen molar-refractivity contribution in [1.29, 1.82) is 0 Å². The van der Waals surface area contributed by atoms with Crippen LogP contribution in [0.1, 0.15) is 34.1 Å². The average Bonchev–Trinajstić information content (AvgIpc) is 2.35. The van der Waals surface area contributed by atoms with Gasteiger partial charge in [0.2, 0.25) is 10.0 Å². The Morgan fingerprint density at radius 3 is 2.24 bits per heavy atom. The number of hydrogen-bond donors (Lipinski definition) is 2. The Morgan fingerprint density at radius 1 is 1.29 bits per heavy atom. The SMILES string of the molecule is CCN(CCCNC(=NC)NC(C)C(C)C)S(C)(=O)=O.I. The van der Waals surface area contributed by atoms with E-state index >= 15 is 0 Å². The van der Waals surface area contributed by atoms with E-state index in [1.807, 2.05) is 6.92 Å². The molecule has 0 saturated carbocycles. The van der Waals surface area contributed by atoms with Crippen molar-refractivity contribution < 1.29 is 8.42 Å². The van der Waals surface area contributed by atoms with Crippen LogP contribution in [0.5, 0.6) is 0 Å². The molecule has 0 spiro atoms. The molecule has 0 heterocycles. The Labute approximate surface area is 147 Å². The minimum atomic E-state index is -3.09. The fraction of sp³-hybridized carbons (Fsp3) is 0.923. The van der Waals surface area contributed by atoms with Gasteiger partial charge >= 0.3 is 0 Å². The van der Waals surface area contributed by atoms with Gasteiger partial charge in [0, 0.05) is 32.7 Å². The monoisotopic (exact) mass is 434 g/mol. The van der Waals surface area contributed by atoms with Crippen LogP contribution in [0.25, 0.3) is 0 Å². The normalized spacial score (nSPS) is 14.0. The lowest BCUT2D eigenvalue weighted by Gasteiger charge is -2.21. The van der Waals surface area contributed by atoms with E-state index in [2.05, 4.69) is 36.4 Å². The summed E-state index contributed by atoms with van der Waals surface area (Å²) in [4.78, 5) is 4.16. The zero-order valence-electron chi connectivity index (χ0n) is 14.0. The number of hydrogen-bond acceptors (Lipinski definition) is 3. The van der Waals surface area contributed by atoms with Gasteiger partial charge in [0.15, 0.2) is 5.96 Å². The van der Waals surface area contributed by atoms with Crippen molar-refractivity contribution in [3.8, 4) is 0 Å². The van der Waals surface area contributed by atoms with Crippen molar-refractivity contribution in [2.75, 3.05) is 32.9 Å². The van der Waals surface area contributed by atoms with E-state index in [0.29, 0.717) is 31.6 Å². The Kier molecular flexibility index (Phi) is 12.7. The number of halogens is 1. The third kappa shape index (κ3) is 10.3. The molecule has 1 unspecified atom stereocenters. The van der Waals surface area contributed by atoms with Gasteiger partial charge in [-0.15, -0.1) is 24.0 Å². The summed E-state index contributed by atoms with van der Waals surface area (Å²) in [7, 11) is -1.36. The maximum absolute atomic E-state index is 11.4. The molecular formula is C13H31IN4O2S. The van der Waals surface area contributed by atoms with Crippen molar-refractivity contribution in [2.24, 2.45) is 10.9 Å². The van der Waals surface area contributed by atoms with Gasteiger partial charge in [-0.25, -0.2) is 12.7 Å². The molecule has 0 radical (unpaired) electrons. The molecule has 8 heteroatoms. The number of sulfonamides is 1. The van der Waals surface area contributed by atoms with Crippen LogP contribution in [0, 0.1) is 5.92 Å². The van der Waals surface area contributed by atoms with Crippen LogP contribution in [0.3, 0.4) is 0 Å². The second-order valence-corrected chi connectivity index (χ2v) is 7.27. The van der Waals surface area contributed by atoms with Crippen molar-refractivity contribution in [1.82, 2.24) is 14.9 Å². The van der Waals surface area contributed by atoms with E-state index in [1.54, 1.807) is 7.05 Å². The Bertz CT molecular complexity index is 399. The smallest absolute Gasteiger partial charge is 0.211 e. The molecule has 0 bridgehead atoms. The largest absolute Gasteiger partial charge is 0.356 e. The van der Waals surface area contributed by atoms with Crippen molar-refractivity contribution in [3.63, 3.8) is 0 Å². The number of guanidine groups is 1. The molecule has 0 aliphatic rings. The Hall–Kier alpha value is -0.0900. The van der Waals surface area contributed by atoms with Crippen LogP contribution in [0.4, 0.5) is 0 Å². The van der Waals surface area contributed by atoms with Gasteiger partial charge in [0.05, 0.1) is 6.26 Å². The van der Waals surface area contributed by atoms with Crippen LogP contribution in [-0.4, -0.2) is 57.7 Å². The maximum atomic E-state index is 11.4. The molecule has 0 fully saturated rings. The highest BCUT2D eigenvalue weighted by Gasteiger charge is 2.13. The van der Waals surface area contributed by atoms with Crippen LogP contribution >= 0.6 is 24.0 Å². The first kappa shape index (κ1) is 23.2. The molecule has 0 aromatic carbocycles. The highest BCUT2D eigenvalue weighted by molar-refractivity contribution is 14.0. The minimum Gasteiger partial charge on any atom is -0.356 e. The molecule has 0 aliphatic carbocycles. The van der Waals surface area contributed by atoms with Crippen molar-refractivity contribution in [2.45, 2.75) is 40.2 Å². The maximum Gasteiger partial charge on any atom is 0.211 e. The molecule has 128 valence electrons. The fourth-order valence-electron chi connectivity index (χ4n) is 1.60. The third-order valence-electron chi connectivity index (χ3n) is 3.29. The van der Waals surface area contributed by atoms with E-state index < -0.39 is 10.0 Å². The molecule has 0 aliphatic heterocycles. The minimum absolute atomic E-state index is 0. The first-order valence-corrected chi connectivity index (χ1v) is 8.99. The van der Waals surface area contributed by atoms with E-state index in [9.17, 15) is 8.42 Å². The summed E-state index contributed by atoms with van der Waals surface area (Å²) in [6.07, 6.45) is 1.99. The van der Waals surface area contributed by atoms with E-state index in [1.165, 1.54) is 10.6 Å². The van der Waals surface area contributed by atoms with E-state index in [0.717, 1.165) is 12.4 Å². The summed E-state index contributed by atoms with van der Waals surface area (Å²) in [5, 5.41) is 6.51. The van der Waals surface area contributed by atoms with Crippen molar-refractivity contribution >= 4 is 40.0 Å². The summed E-state index contributed by atoms with van der Waals surface area (Å²) in [6, 6.07) is 0.337. The first-order chi connectivity index (χ1) is 9.22. The summed E-state index contributed by atoms with van der Waals surface area (Å²) < 4.78 is 24.3. The predicted octanol–water partition coefficient (Wildman–Crippen LogP) is 1.49. The molecule has 1 atom stereocenters. The van der Waals surface area contributed by atoms with Crippen LogP contribution in [0.15, 0.2) is 4.99 Å². The second-order valence-electron chi connectivity index (χ2n) is 5.28. The van der Waals surface area contributed by atoms with Crippen molar-refractivity contribution in [3.05, 3.63) is 0 Å². The lowest BCUT2D eigenvalue weighted by molar-refractivity contribution is 0.423.